The van der Waals surface area contributed by atoms with Crippen LogP contribution in [0.25, 0.3) is 0 Å². The highest BCUT2D eigenvalue weighted by molar-refractivity contribution is 7.11. The van der Waals surface area contributed by atoms with Crippen molar-refractivity contribution in [2.45, 2.75) is 32.9 Å². The molecule has 1 unspecified atom stereocenters. The molecule has 1 aromatic heterocycles. The van der Waals surface area contributed by atoms with Crippen molar-refractivity contribution in [3.8, 4) is 0 Å². The van der Waals surface area contributed by atoms with Gasteiger partial charge in [-0.15, -0.1) is 11.3 Å². The van der Waals surface area contributed by atoms with Crippen LogP contribution in [0.1, 0.15) is 23.1 Å². The zero-order valence-electron chi connectivity index (χ0n) is 8.21. The fourth-order valence-corrected chi connectivity index (χ4v) is 1.95. The first-order valence-corrected chi connectivity index (χ1v) is 5.48. The molecule has 0 aliphatic heterocycles. The maximum absolute atomic E-state index is 9.28. The van der Waals surface area contributed by atoms with Gasteiger partial charge in [-0.25, -0.2) is 0 Å². The summed E-state index contributed by atoms with van der Waals surface area (Å²) in [5, 5.41) is 12.5. The number of thiophene rings is 1. The average molecular weight is 199 g/mol. The van der Waals surface area contributed by atoms with E-state index < -0.39 is 0 Å². The molecule has 0 spiro atoms. The highest BCUT2D eigenvalue weighted by Gasteiger charge is 2.00. The molecule has 1 aromatic rings. The number of aliphatic hydroxyl groups is 1. The van der Waals surface area contributed by atoms with Crippen molar-refractivity contribution < 1.29 is 5.11 Å². The molecule has 0 amide bonds. The van der Waals surface area contributed by atoms with E-state index in [-0.39, 0.29) is 6.10 Å². The summed E-state index contributed by atoms with van der Waals surface area (Å²) in [7, 11) is 0. The number of aliphatic hydroxyl groups excluding tert-OH is 1. The molecular formula is C10H17NOS. The Morgan fingerprint density at radius 2 is 2.31 bits per heavy atom. The molecule has 0 radical (unpaired) electrons. The summed E-state index contributed by atoms with van der Waals surface area (Å²) in [6.45, 7) is 5.65. The van der Waals surface area contributed by atoms with Crippen molar-refractivity contribution in [1.82, 2.24) is 5.32 Å². The van der Waals surface area contributed by atoms with Crippen LogP contribution in [0.15, 0.2) is 12.1 Å². The van der Waals surface area contributed by atoms with E-state index in [1.807, 2.05) is 6.92 Å². The van der Waals surface area contributed by atoms with Gasteiger partial charge in [-0.3, -0.25) is 0 Å². The fourth-order valence-electron chi connectivity index (χ4n) is 1.09. The summed E-state index contributed by atoms with van der Waals surface area (Å²) in [5.74, 6) is 0. The van der Waals surface area contributed by atoms with Gasteiger partial charge in [0.15, 0.2) is 0 Å². The zero-order valence-corrected chi connectivity index (χ0v) is 9.03. The van der Waals surface area contributed by atoms with E-state index in [9.17, 15) is 5.11 Å². The van der Waals surface area contributed by atoms with Crippen LogP contribution in [-0.4, -0.2) is 17.8 Å². The normalized spacial score (nSPS) is 13.2. The van der Waals surface area contributed by atoms with Gasteiger partial charge in [-0.05, 0) is 25.5 Å². The van der Waals surface area contributed by atoms with Crippen LogP contribution in [0.4, 0.5) is 0 Å². The molecule has 0 saturated heterocycles. The summed E-state index contributed by atoms with van der Waals surface area (Å²) in [6.07, 6.45) is 0.609. The van der Waals surface area contributed by atoms with Crippen molar-refractivity contribution in [3.05, 3.63) is 21.9 Å². The molecule has 0 aliphatic carbocycles. The Hall–Kier alpha value is -0.380. The van der Waals surface area contributed by atoms with Gasteiger partial charge in [0.2, 0.25) is 0 Å². The molecule has 0 aliphatic rings. The molecule has 1 heterocycles. The van der Waals surface area contributed by atoms with Crippen LogP contribution < -0.4 is 5.32 Å². The van der Waals surface area contributed by atoms with Crippen LogP contribution in [0.5, 0.6) is 0 Å². The monoisotopic (exact) mass is 199 g/mol. The van der Waals surface area contributed by atoms with Gasteiger partial charge >= 0.3 is 0 Å². The molecule has 2 nitrogen and oxygen atoms in total. The largest absolute Gasteiger partial charge is 0.392 e. The highest BCUT2D eigenvalue weighted by Crippen LogP contribution is 2.14. The first kappa shape index (κ1) is 10.7. The Bertz CT molecular complexity index is 247. The predicted molar refractivity (Wildman–Crippen MR) is 57.1 cm³/mol. The predicted octanol–water partition coefficient (Wildman–Crippen LogP) is 1.92. The second-order valence-electron chi connectivity index (χ2n) is 3.21. The Morgan fingerprint density at radius 3 is 2.85 bits per heavy atom. The summed E-state index contributed by atoms with van der Waals surface area (Å²) in [6, 6.07) is 4.25. The lowest BCUT2D eigenvalue weighted by Crippen LogP contribution is -2.25. The minimum absolute atomic E-state index is 0.207. The van der Waals surface area contributed by atoms with Crippen LogP contribution in [-0.2, 0) is 6.54 Å². The number of nitrogens with one attached hydrogen (secondary N) is 1. The Labute approximate surface area is 83.6 Å². The van der Waals surface area contributed by atoms with E-state index in [0.29, 0.717) is 6.54 Å². The topological polar surface area (TPSA) is 32.3 Å². The molecule has 0 aromatic carbocycles. The van der Waals surface area contributed by atoms with Gasteiger partial charge in [0, 0.05) is 22.8 Å². The highest BCUT2D eigenvalue weighted by atomic mass is 32.1. The summed E-state index contributed by atoms with van der Waals surface area (Å²) in [4.78, 5) is 2.67. The maximum Gasteiger partial charge on any atom is 0.0662 e. The lowest BCUT2D eigenvalue weighted by Gasteiger charge is -2.07. The molecule has 1 rings (SSSR count). The third-order valence-electron chi connectivity index (χ3n) is 1.95. The quantitative estimate of drug-likeness (QED) is 0.759. The lowest BCUT2D eigenvalue weighted by molar-refractivity contribution is 0.167. The summed E-state index contributed by atoms with van der Waals surface area (Å²) >= 11 is 1.80. The van der Waals surface area contributed by atoms with Gasteiger partial charge < -0.3 is 10.4 Å². The third kappa shape index (κ3) is 3.89. The average Bonchev–Trinajstić information content (AvgIpc) is 2.51. The van der Waals surface area contributed by atoms with Gasteiger partial charge in [0.25, 0.3) is 0 Å². The van der Waals surface area contributed by atoms with Gasteiger partial charge in [0.1, 0.15) is 0 Å². The maximum atomic E-state index is 9.28. The molecular weight excluding hydrogens is 182 g/mol. The van der Waals surface area contributed by atoms with E-state index in [2.05, 4.69) is 24.4 Å². The number of aryl methyl sites for hydroxylation is 1. The van der Waals surface area contributed by atoms with Crippen molar-refractivity contribution in [1.29, 1.82) is 0 Å². The van der Waals surface area contributed by atoms with E-state index in [1.165, 1.54) is 9.75 Å². The van der Waals surface area contributed by atoms with Crippen molar-refractivity contribution in [2.75, 3.05) is 6.54 Å². The fraction of sp³-hybridized carbons (Fsp3) is 0.600. The molecule has 0 saturated carbocycles. The Kier molecular flexibility index (Phi) is 4.42. The Balaban J connectivity index is 2.20. The van der Waals surface area contributed by atoms with Gasteiger partial charge in [-0.2, -0.15) is 0 Å². The van der Waals surface area contributed by atoms with Gasteiger partial charge in [-0.1, -0.05) is 6.92 Å². The minimum atomic E-state index is -0.207. The van der Waals surface area contributed by atoms with Crippen molar-refractivity contribution >= 4 is 11.3 Å². The number of hydrogen-bond donors (Lipinski definition) is 2. The number of rotatable bonds is 5. The third-order valence-corrected chi connectivity index (χ3v) is 2.95. The SMILES string of the molecule is CCC(O)CNCc1ccc(C)s1. The van der Waals surface area contributed by atoms with Crippen molar-refractivity contribution in [3.63, 3.8) is 0 Å². The first-order valence-electron chi connectivity index (χ1n) is 4.66. The molecule has 13 heavy (non-hydrogen) atoms. The standard InChI is InChI=1S/C10H17NOS/c1-3-9(12)6-11-7-10-5-4-8(2)13-10/h4-5,9,11-12H,3,6-7H2,1-2H3. The molecule has 1 atom stereocenters. The van der Waals surface area contributed by atoms with Crippen LogP contribution >= 0.6 is 11.3 Å². The molecule has 0 fully saturated rings. The first-order chi connectivity index (χ1) is 6.22. The second kappa shape index (κ2) is 5.37. The van der Waals surface area contributed by atoms with Crippen molar-refractivity contribution in [2.24, 2.45) is 0 Å². The Morgan fingerprint density at radius 1 is 1.54 bits per heavy atom. The molecule has 0 bridgehead atoms. The zero-order chi connectivity index (χ0) is 9.68. The smallest absolute Gasteiger partial charge is 0.0662 e. The molecule has 74 valence electrons. The number of hydrogen-bond acceptors (Lipinski definition) is 3. The van der Waals surface area contributed by atoms with E-state index in [0.717, 1.165) is 13.0 Å². The minimum Gasteiger partial charge on any atom is -0.392 e. The molecule has 3 heteroatoms. The van der Waals surface area contributed by atoms with Crippen LogP contribution in [0, 0.1) is 6.92 Å². The van der Waals surface area contributed by atoms with E-state index in [4.69, 9.17) is 0 Å². The van der Waals surface area contributed by atoms with Crippen LogP contribution in [0.3, 0.4) is 0 Å². The van der Waals surface area contributed by atoms with Gasteiger partial charge in [0.05, 0.1) is 6.10 Å². The summed E-state index contributed by atoms with van der Waals surface area (Å²) < 4.78 is 0. The van der Waals surface area contributed by atoms with E-state index >= 15 is 0 Å². The lowest BCUT2D eigenvalue weighted by atomic mass is 10.3. The second-order valence-corrected chi connectivity index (χ2v) is 4.58. The molecule has 2 N–H and O–H groups in total. The van der Waals surface area contributed by atoms with E-state index in [1.54, 1.807) is 11.3 Å². The summed E-state index contributed by atoms with van der Waals surface area (Å²) in [5.41, 5.74) is 0. The van der Waals surface area contributed by atoms with Crippen LogP contribution in [0.2, 0.25) is 0 Å².